The van der Waals surface area contributed by atoms with Crippen molar-refractivity contribution in [1.29, 1.82) is 0 Å². The second-order valence-corrected chi connectivity index (χ2v) is 5.30. The van der Waals surface area contributed by atoms with Gasteiger partial charge in [0.05, 0.1) is 4.47 Å². The van der Waals surface area contributed by atoms with Gasteiger partial charge in [-0.25, -0.2) is 0 Å². The largest absolute Gasteiger partial charge is 0.486 e. The van der Waals surface area contributed by atoms with Gasteiger partial charge >= 0.3 is 0 Å². The molecule has 1 aromatic carbocycles. The highest BCUT2D eigenvalue weighted by molar-refractivity contribution is 9.10. The van der Waals surface area contributed by atoms with E-state index in [2.05, 4.69) is 15.9 Å². The molecule has 0 saturated carbocycles. The van der Waals surface area contributed by atoms with E-state index in [9.17, 15) is 4.79 Å². The first-order valence-corrected chi connectivity index (χ1v) is 6.67. The van der Waals surface area contributed by atoms with Crippen LogP contribution in [0, 0.1) is 5.92 Å². The number of carbonyl (C=O) groups excluding carboxylic acids is 1. The Bertz CT molecular complexity index is 492. The topological polar surface area (TPSA) is 35.5 Å². The SMILES string of the molecule is CC(C)C(C=O)=Cc1cc(Br)c2c(c1)OCCO2. The molecule has 1 aliphatic rings. The maximum atomic E-state index is 11.0. The number of carbonyl (C=O) groups is 1. The van der Waals surface area contributed by atoms with Gasteiger partial charge in [-0.1, -0.05) is 13.8 Å². The van der Waals surface area contributed by atoms with Gasteiger partial charge in [0.1, 0.15) is 19.5 Å². The predicted molar refractivity (Wildman–Crippen MR) is 74.0 cm³/mol. The second-order valence-electron chi connectivity index (χ2n) is 4.44. The van der Waals surface area contributed by atoms with Crippen molar-refractivity contribution in [2.24, 2.45) is 5.92 Å². The van der Waals surface area contributed by atoms with Crippen molar-refractivity contribution in [2.45, 2.75) is 13.8 Å². The molecule has 4 heteroatoms. The van der Waals surface area contributed by atoms with E-state index in [-0.39, 0.29) is 5.92 Å². The van der Waals surface area contributed by atoms with Crippen LogP contribution in [0.4, 0.5) is 0 Å². The maximum Gasteiger partial charge on any atom is 0.175 e. The molecule has 0 spiro atoms. The van der Waals surface area contributed by atoms with Crippen LogP contribution in [0.25, 0.3) is 6.08 Å². The third kappa shape index (κ3) is 2.75. The molecule has 96 valence electrons. The van der Waals surface area contributed by atoms with Gasteiger partial charge in [0.25, 0.3) is 0 Å². The normalized spacial score (nSPS) is 14.8. The molecule has 18 heavy (non-hydrogen) atoms. The molecule has 0 aliphatic carbocycles. The monoisotopic (exact) mass is 310 g/mol. The lowest BCUT2D eigenvalue weighted by atomic mass is 10.0. The number of benzene rings is 1. The zero-order valence-electron chi connectivity index (χ0n) is 10.4. The summed E-state index contributed by atoms with van der Waals surface area (Å²) in [6.07, 6.45) is 2.77. The lowest BCUT2D eigenvalue weighted by Crippen LogP contribution is -2.15. The van der Waals surface area contributed by atoms with Crippen molar-refractivity contribution >= 4 is 28.3 Å². The van der Waals surface area contributed by atoms with Crippen LogP contribution in [0.15, 0.2) is 22.2 Å². The Morgan fingerprint density at radius 2 is 2.06 bits per heavy atom. The van der Waals surface area contributed by atoms with Gasteiger partial charge < -0.3 is 9.47 Å². The zero-order chi connectivity index (χ0) is 13.1. The predicted octanol–water partition coefficient (Wildman–Crippen LogP) is 3.46. The van der Waals surface area contributed by atoms with Gasteiger partial charge in [0.15, 0.2) is 11.5 Å². The number of hydrogen-bond donors (Lipinski definition) is 0. The molecule has 2 rings (SSSR count). The Kier molecular flexibility index (Phi) is 4.07. The van der Waals surface area contributed by atoms with Gasteiger partial charge in [0.2, 0.25) is 0 Å². The minimum absolute atomic E-state index is 0.203. The Hall–Kier alpha value is -1.29. The Labute approximate surface area is 115 Å². The summed E-state index contributed by atoms with van der Waals surface area (Å²) >= 11 is 3.46. The average Bonchev–Trinajstić information content (AvgIpc) is 2.35. The first-order valence-electron chi connectivity index (χ1n) is 5.87. The molecule has 0 radical (unpaired) electrons. The Balaban J connectivity index is 2.41. The zero-order valence-corrected chi connectivity index (χ0v) is 12.0. The number of allylic oxidation sites excluding steroid dienone is 1. The number of halogens is 1. The van der Waals surface area contributed by atoms with Crippen LogP contribution in [0.3, 0.4) is 0 Å². The number of rotatable bonds is 3. The molecule has 1 heterocycles. The van der Waals surface area contributed by atoms with Gasteiger partial charge in [-0.3, -0.25) is 4.79 Å². The smallest absolute Gasteiger partial charge is 0.175 e. The van der Waals surface area contributed by atoms with E-state index in [1.54, 1.807) is 0 Å². The standard InChI is InChI=1S/C14H15BrO3/c1-9(2)11(8-16)5-10-6-12(15)14-13(7-10)17-3-4-18-14/h5-9H,3-4H2,1-2H3. The van der Waals surface area contributed by atoms with Crippen molar-refractivity contribution in [3.05, 3.63) is 27.7 Å². The van der Waals surface area contributed by atoms with Gasteiger partial charge in [0, 0.05) is 0 Å². The first-order chi connectivity index (χ1) is 8.61. The van der Waals surface area contributed by atoms with Crippen molar-refractivity contribution in [3.63, 3.8) is 0 Å². The van der Waals surface area contributed by atoms with E-state index in [0.29, 0.717) is 13.2 Å². The molecule has 1 aliphatic heterocycles. The molecule has 0 atom stereocenters. The van der Waals surface area contributed by atoms with Gasteiger partial charge in [-0.15, -0.1) is 0 Å². The first kappa shape index (κ1) is 13.1. The van der Waals surface area contributed by atoms with Gasteiger partial charge in [-0.2, -0.15) is 0 Å². The summed E-state index contributed by atoms with van der Waals surface area (Å²) in [5, 5.41) is 0. The van der Waals surface area contributed by atoms with E-state index < -0.39 is 0 Å². The lowest BCUT2D eigenvalue weighted by molar-refractivity contribution is -0.105. The Morgan fingerprint density at radius 1 is 1.33 bits per heavy atom. The molecule has 0 fully saturated rings. The van der Waals surface area contributed by atoms with Crippen LogP contribution in [0.2, 0.25) is 0 Å². The highest BCUT2D eigenvalue weighted by Gasteiger charge is 2.16. The van der Waals surface area contributed by atoms with Gasteiger partial charge in [-0.05, 0) is 51.2 Å². The molecule has 0 aromatic heterocycles. The molecular weight excluding hydrogens is 296 g/mol. The minimum atomic E-state index is 0.203. The summed E-state index contributed by atoms with van der Waals surface area (Å²) in [6.45, 7) is 5.10. The summed E-state index contributed by atoms with van der Waals surface area (Å²) in [7, 11) is 0. The van der Waals surface area contributed by atoms with Crippen LogP contribution in [0.5, 0.6) is 11.5 Å². The fourth-order valence-electron chi connectivity index (χ4n) is 1.74. The molecular formula is C14H15BrO3. The summed E-state index contributed by atoms with van der Waals surface area (Å²) in [6, 6.07) is 3.82. The molecule has 1 aromatic rings. The van der Waals surface area contributed by atoms with Crippen LogP contribution in [-0.4, -0.2) is 19.5 Å². The fourth-order valence-corrected chi connectivity index (χ4v) is 2.32. The summed E-state index contributed by atoms with van der Waals surface area (Å²) in [5.74, 6) is 1.65. The van der Waals surface area contributed by atoms with Crippen molar-refractivity contribution in [3.8, 4) is 11.5 Å². The molecule has 0 bridgehead atoms. The summed E-state index contributed by atoms with van der Waals surface area (Å²) < 4.78 is 11.9. The fraction of sp³-hybridized carbons (Fsp3) is 0.357. The second kappa shape index (κ2) is 5.57. The van der Waals surface area contributed by atoms with Crippen molar-refractivity contribution in [2.75, 3.05) is 13.2 Å². The highest BCUT2D eigenvalue weighted by Crippen LogP contribution is 2.39. The molecule has 3 nitrogen and oxygen atoms in total. The van der Waals surface area contributed by atoms with Crippen molar-refractivity contribution < 1.29 is 14.3 Å². The van der Waals surface area contributed by atoms with E-state index in [0.717, 1.165) is 33.4 Å². The third-order valence-electron chi connectivity index (χ3n) is 2.76. The third-order valence-corrected chi connectivity index (χ3v) is 3.34. The Morgan fingerprint density at radius 3 is 2.72 bits per heavy atom. The quantitative estimate of drug-likeness (QED) is 0.633. The summed E-state index contributed by atoms with van der Waals surface area (Å²) in [5.41, 5.74) is 1.69. The van der Waals surface area contributed by atoms with E-state index >= 15 is 0 Å². The van der Waals surface area contributed by atoms with Crippen LogP contribution < -0.4 is 9.47 Å². The molecule has 0 amide bonds. The van der Waals surface area contributed by atoms with Crippen molar-refractivity contribution in [1.82, 2.24) is 0 Å². The number of ether oxygens (including phenoxy) is 2. The van der Waals surface area contributed by atoms with E-state index in [4.69, 9.17) is 9.47 Å². The van der Waals surface area contributed by atoms with E-state index in [1.807, 2.05) is 32.1 Å². The summed E-state index contributed by atoms with van der Waals surface area (Å²) in [4.78, 5) is 11.0. The van der Waals surface area contributed by atoms with Crippen LogP contribution in [-0.2, 0) is 4.79 Å². The molecule has 0 N–H and O–H groups in total. The molecule has 0 saturated heterocycles. The maximum absolute atomic E-state index is 11.0. The average molecular weight is 311 g/mol. The highest BCUT2D eigenvalue weighted by atomic mass is 79.9. The lowest BCUT2D eigenvalue weighted by Gasteiger charge is -2.20. The van der Waals surface area contributed by atoms with Crippen LogP contribution >= 0.6 is 15.9 Å². The number of aldehydes is 1. The number of hydrogen-bond acceptors (Lipinski definition) is 3. The van der Waals surface area contributed by atoms with Crippen LogP contribution in [0.1, 0.15) is 19.4 Å². The number of fused-ring (bicyclic) bond motifs is 1. The minimum Gasteiger partial charge on any atom is -0.486 e. The van der Waals surface area contributed by atoms with E-state index in [1.165, 1.54) is 0 Å². The molecule has 0 unspecified atom stereocenters.